The van der Waals surface area contributed by atoms with Gasteiger partial charge in [0.15, 0.2) is 0 Å². The molecule has 2 aromatic carbocycles. The predicted molar refractivity (Wildman–Crippen MR) is 103 cm³/mol. The fourth-order valence-electron chi connectivity index (χ4n) is 3.19. The van der Waals surface area contributed by atoms with Crippen LogP contribution in [0.4, 0.5) is 5.69 Å². The summed E-state index contributed by atoms with van der Waals surface area (Å²) in [6, 6.07) is 20.0. The molecule has 0 bridgehead atoms. The maximum absolute atomic E-state index is 12.3. The van der Waals surface area contributed by atoms with E-state index in [1.165, 1.54) is 4.90 Å². The highest BCUT2D eigenvalue weighted by Gasteiger charge is 2.33. The molecule has 1 amide bonds. The molecule has 24 heavy (non-hydrogen) atoms. The summed E-state index contributed by atoms with van der Waals surface area (Å²) in [5.74, 6) is 0.299. The molecule has 0 spiro atoms. The number of hydrogen-bond acceptors (Lipinski definition) is 2. The Hall–Kier alpha value is -1.45. The van der Waals surface area contributed by atoms with E-state index in [2.05, 4.69) is 29.6 Å². The third-order valence-electron chi connectivity index (χ3n) is 4.40. The van der Waals surface area contributed by atoms with Gasteiger partial charge in [0.1, 0.15) is 0 Å². The maximum atomic E-state index is 12.3. The monoisotopic (exact) mass is 359 g/mol. The highest BCUT2D eigenvalue weighted by Crippen LogP contribution is 2.40. The minimum atomic E-state index is 0.0329. The molecule has 1 aliphatic rings. The molecule has 126 valence electrons. The topological polar surface area (TPSA) is 29.1 Å². The molecule has 0 heterocycles. The minimum absolute atomic E-state index is 0.0329. The second kappa shape index (κ2) is 8.59. The van der Waals surface area contributed by atoms with Crippen LogP contribution in [0.15, 0.2) is 65.6 Å². The van der Waals surface area contributed by atoms with Gasteiger partial charge < -0.3 is 5.32 Å². The van der Waals surface area contributed by atoms with Crippen molar-refractivity contribution >= 4 is 35.0 Å². The number of carbonyl (C=O) groups excluding carboxylic acids is 1. The SMILES string of the molecule is O=C(CC1CCCC(Sc2ccccc2)C1Cl)Nc1ccccc1. The third-order valence-corrected chi connectivity index (χ3v) is 6.59. The molecule has 3 atom stereocenters. The quantitative estimate of drug-likeness (QED) is 0.705. The van der Waals surface area contributed by atoms with Gasteiger partial charge in [-0.1, -0.05) is 42.8 Å². The number of hydrogen-bond donors (Lipinski definition) is 1. The second-order valence-electron chi connectivity index (χ2n) is 6.22. The number of thioether (sulfide) groups is 1. The average Bonchev–Trinajstić information content (AvgIpc) is 2.60. The number of para-hydroxylation sites is 1. The molecule has 0 aromatic heterocycles. The van der Waals surface area contributed by atoms with Crippen molar-refractivity contribution in [2.45, 2.75) is 41.2 Å². The summed E-state index contributed by atoms with van der Waals surface area (Å²) in [4.78, 5) is 13.6. The van der Waals surface area contributed by atoms with Crippen LogP contribution in [-0.2, 0) is 4.79 Å². The molecule has 1 N–H and O–H groups in total. The van der Waals surface area contributed by atoms with Gasteiger partial charge in [0.25, 0.3) is 0 Å². The van der Waals surface area contributed by atoms with Gasteiger partial charge >= 0.3 is 0 Å². The first kappa shape index (κ1) is 17.4. The Bertz CT molecular complexity index is 649. The first-order valence-electron chi connectivity index (χ1n) is 8.43. The van der Waals surface area contributed by atoms with Crippen LogP contribution in [0.1, 0.15) is 25.7 Å². The molecule has 0 saturated heterocycles. The number of anilines is 1. The highest BCUT2D eigenvalue weighted by molar-refractivity contribution is 8.00. The number of alkyl halides is 1. The lowest BCUT2D eigenvalue weighted by atomic mass is 9.86. The van der Waals surface area contributed by atoms with Crippen molar-refractivity contribution in [3.8, 4) is 0 Å². The van der Waals surface area contributed by atoms with Crippen molar-refractivity contribution in [3.63, 3.8) is 0 Å². The summed E-state index contributed by atoms with van der Waals surface area (Å²) in [5.41, 5.74) is 0.847. The summed E-state index contributed by atoms with van der Waals surface area (Å²) in [6.45, 7) is 0. The van der Waals surface area contributed by atoms with E-state index in [0.29, 0.717) is 11.7 Å². The van der Waals surface area contributed by atoms with Crippen LogP contribution in [0, 0.1) is 5.92 Å². The molecule has 0 aliphatic heterocycles. The Morgan fingerprint density at radius 3 is 2.42 bits per heavy atom. The summed E-state index contributed by atoms with van der Waals surface area (Å²) in [7, 11) is 0. The molecule has 3 unspecified atom stereocenters. The van der Waals surface area contributed by atoms with Gasteiger partial charge in [-0.05, 0) is 43.0 Å². The summed E-state index contributed by atoms with van der Waals surface area (Å²) in [5, 5.41) is 3.38. The van der Waals surface area contributed by atoms with Crippen molar-refractivity contribution in [2.75, 3.05) is 5.32 Å². The van der Waals surface area contributed by atoms with Gasteiger partial charge in [0, 0.05) is 27.6 Å². The Morgan fingerprint density at radius 1 is 1.04 bits per heavy atom. The van der Waals surface area contributed by atoms with Crippen LogP contribution in [0.25, 0.3) is 0 Å². The number of nitrogens with one attached hydrogen (secondary N) is 1. The van der Waals surface area contributed by atoms with E-state index in [1.807, 2.05) is 48.2 Å². The molecular weight excluding hydrogens is 338 g/mol. The van der Waals surface area contributed by atoms with Crippen LogP contribution in [0.3, 0.4) is 0 Å². The number of benzene rings is 2. The van der Waals surface area contributed by atoms with Gasteiger partial charge in [-0.2, -0.15) is 0 Å². The maximum Gasteiger partial charge on any atom is 0.224 e. The van der Waals surface area contributed by atoms with E-state index < -0.39 is 0 Å². The van der Waals surface area contributed by atoms with Gasteiger partial charge in [0.2, 0.25) is 5.91 Å². The Morgan fingerprint density at radius 2 is 1.71 bits per heavy atom. The van der Waals surface area contributed by atoms with Crippen LogP contribution < -0.4 is 5.32 Å². The molecule has 2 aromatic rings. The van der Waals surface area contributed by atoms with Gasteiger partial charge in [-0.3, -0.25) is 4.79 Å². The third kappa shape index (κ3) is 4.78. The van der Waals surface area contributed by atoms with Crippen LogP contribution in [-0.4, -0.2) is 16.5 Å². The lowest BCUT2D eigenvalue weighted by Gasteiger charge is -2.33. The van der Waals surface area contributed by atoms with Crippen LogP contribution in [0.2, 0.25) is 0 Å². The molecule has 2 nitrogen and oxygen atoms in total. The Labute approximate surface area is 153 Å². The largest absolute Gasteiger partial charge is 0.326 e. The molecule has 1 aliphatic carbocycles. The van der Waals surface area contributed by atoms with E-state index in [9.17, 15) is 4.79 Å². The van der Waals surface area contributed by atoms with Crippen molar-refractivity contribution < 1.29 is 4.79 Å². The molecule has 3 rings (SSSR count). The van der Waals surface area contributed by atoms with E-state index in [-0.39, 0.29) is 17.2 Å². The second-order valence-corrected chi connectivity index (χ2v) is 8.04. The van der Waals surface area contributed by atoms with Crippen molar-refractivity contribution in [1.82, 2.24) is 0 Å². The summed E-state index contributed by atoms with van der Waals surface area (Å²) in [6.07, 6.45) is 3.78. The first-order chi connectivity index (χ1) is 11.7. The number of carbonyl (C=O) groups is 1. The zero-order valence-corrected chi connectivity index (χ0v) is 15.1. The highest BCUT2D eigenvalue weighted by atomic mass is 35.5. The molecular formula is C20H22ClNOS. The van der Waals surface area contributed by atoms with Gasteiger partial charge in [0.05, 0.1) is 0 Å². The zero-order chi connectivity index (χ0) is 16.8. The van der Waals surface area contributed by atoms with Crippen LogP contribution in [0.5, 0.6) is 0 Å². The van der Waals surface area contributed by atoms with Crippen LogP contribution >= 0.6 is 23.4 Å². The fraction of sp³-hybridized carbons (Fsp3) is 0.350. The van der Waals surface area contributed by atoms with Gasteiger partial charge in [-0.15, -0.1) is 23.4 Å². The number of rotatable bonds is 5. The van der Waals surface area contributed by atoms with E-state index >= 15 is 0 Å². The average molecular weight is 360 g/mol. The van der Waals surface area contributed by atoms with Crippen molar-refractivity contribution in [2.24, 2.45) is 5.92 Å². The Balaban J connectivity index is 1.56. The van der Waals surface area contributed by atoms with E-state index in [1.54, 1.807) is 0 Å². The number of halogens is 1. The Kier molecular flexibility index (Phi) is 6.22. The fourth-order valence-corrected chi connectivity index (χ4v) is 4.98. The zero-order valence-electron chi connectivity index (χ0n) is 13.5. The lowest BCUT2D eigenvalue weighted by Crippen LogP contribution is -2.33. The summed E-state index contributed by atoms with van der Waals surface area (Å²) < 4.78 is 0. The first-order valence-corrected chi connectivity index (χ1v) is 9.74. The van der Waals surface area contributed by atoms with E-state index in [4.69, 9.17) is 11.6 Å². The van der Waals surface area contributed by atoms with Gasteiger partial charge in [-0.25, -0.2) is 0 Å². The van der Waals surface area contributed by atoms with Crippen molar-refractivity contribution in [3.05, 3.63) is 60.7 Å². The molecule has 1 saturated carbocycles. The minimum Gasteiger partial charge on any atom is -0.326 e. The molecule has 0 radical (unpaired) electrons. The summed E-state index contributed by atoms with van der Waals surface area (Å²) >= 11 is 8.59. The standard InChI is InChI=1S/C20H22ClNOS/c21-20-15(14-19(23)22-16-9-3-1-4-10-16)8-7-13-18(20)24-17-11-5-2-6-12-17/h1-6,9-12,15,18,20H,7-8,13-14H2,(H,22,23). The normalized spacial score (nSPS) is 23.6. The number of amides is 1. The molecule has 4 heteroatoms. The predicted octanol–water partition coefficient (Wildman–Crippen LogP) is 5.58. The van der Waals surface area contributed by atoms with E-state index in [0.717, 1.165) is 24.9 Å². The smallest absolute Gasteiger partial charge is 0.224 e. The molecule has 1 fully saturated rings. The van der Waals surface area contributed by atoms with Crippen molar-refractivity contribution in [1.29, 1.82) is 0 Å². The lowest BCUT2D eigenvalue weighted by molar-refractivity contribution is -0.117.